The lowest BCUT2D eigenvalue weighted by molar-refractivity contribution is -0.130. The van der Waals surface area contributed by atoms with Crippen LogP contribution < -0.4 is 5.32 Å². The van der Waals surface area contributed by atoms with Gasteiger partial charge in [-0.3, -0.25) is 4.79 Å². The van der Waals surface area contributed by atoms with Crippen LogP contribution in [0.4, 0.5) is 0 Å². The second-order valence-electron chi connectivity index (χ2n) is 5.41. The van der Waals surface area contributed by atoms with Gasteiger partial charge in [0.1, 0.15) is 0 Å². The third kappa shape index (κ3) is 4.81. The van der Waals surface area contributed by atoms with Crippen molar-refractivity contribution in [1.29, 1.82) is 0 Å². The molecule has 2 aliphatic heterocycles. The highest BCUT2D eigenvalue weighted by atomic mass is 32.2. The molecule has 1 N–H and O–H groups in total. The zero-order chi connectivity index (χ0) is 12.6. The summed E-state index contributed by atoms with van der Waals surface area (Å²) in [5.41, 5.74) is 0. The van der Waals surface area contributed by atoms with E-state index in [9.17, 15) is 4.79 Å². The monoisotopic (exact) mass is 270 g/mol. The summed E-state index contributed by atoms with van der Waals surface area (Å²) in [5.74, 6) is 2.98. The van der Waals surface area contributed by atoms with Crippen molar-refractivity contribution in [3.05, 3.63) is 0 Å². The molecule has 1 atom stereocenters. The molecule has 0 saturated carbocycles. The fraction of sp³-hybridized carbons (Fsp3) is 0.929. The molecule has 0 aliphatic carbocycles. The first-order valence-electron chi connectivity index (χ1n) is 7.45. The Labute approximate surface area is 115 Å². The number of carbonyl (C=O) groups excluding carboxylic acids is 1. The zero-order valence-corrected chi connectivity index (χ0v) is 12.1. The van der Waals surface area contributed by atoms with Crippen molar-refractivity contribution in [2.75, 3.05) is 31.1 Å². The maximum atomic E-state index is 11.8. The number of hydrogen-bond acceptors (Lipinski definition) is 3. The summed E-state index contributed by atoms with van der Waals surface area (Å²) in [5, 5.41) is 3.63. The minimum Gasteiger partial charge on any atom is -0.343 e. The molecule has 0 bridgehead atoms. The fourth-order valence-corrected chi connectivity index (χ4v) is 3.86. The number of hydrogen-bond donors (Lipinski definition) is 1. The van der Waals surface area contributed by atoms with Crippen LogP contribution in [-0.2, 0) is 4.79 Å². The molecule has 4 heteroatoms. The van der Waals surface area contributed by atoms with Gasteiger partial charge < -0.3 is 10.2 Å². The average Bonchev–Trinajstić information content (AvgIpc) is 2.61. The number of nitrogens with zero attached hydrogens (tertiary/aromatic N) is 1. The second-order valence-corrected chi connectivity index (χ2v) is 6.56. The molecular formula is C14H26N2OS. The smallest absolute Gasteiger partial charge is 0.222 e. The van der Waals surface area contributed by atoms with E-state index in [2.05, 4.69) is 22.0 Å². The van der Waals surface area contributed by atoms with Crippen LogP contribution in [0.1, 0.15) is 44.9 Å². The van der Waals surface area contributed by atoms with Crippen LogP contribution in [-0.4, -0.2) is 48.0 Å². The van der Waals surface area contributed by atoms with Crippen molar-refractivity contribution in [3.8, 4) is 0 Å². The van der Waals surface area contributed by atoms with Crippen molar-refractivity contribution in [2.24, 2.45) is 0 Å². The summed E-state index contributed by atoms with van der Waals surface area (Å²) in [4.78, 5) is 13.9. The van der Waals surface area contributed by atoms with Crippen LogP contribution in [0.15, 0.2) is 0 Å². The summed E-state index contributed by atoms with van der Waals surface area (Å²) in [6, 6.07) is 0.712. The molecule has 2 aliphatic rings. The van der Waals surface area contributed by atoms with Gasteiger partial charge in [0, 0.05) is 31.3 Å². The first-order valence-corrected chi connectivity index (χ1v) is 8.60. The quantitative estimate of drug-likeness (QED) is 0.778. The van der Waals surface area contributed by atoms with Crippen molar-refractivity contribution in [3.63, 3.8) is 0 Å². The molecule has 1 amide bonds. The van der Waals surface area contributed by atoms with Crippen LogP contribution in [0.2, 0.25) is 0 Å². The van der Waals surface area contributed by atoms with Gasteiger partial charge in [-0.1, -0.05) is 6.42 Å². The van der Waals surface area contributed by atoms with E-state index in [1.165, 1.54) is 37.2 Å². The minimum absolute atomic E-state index is 0.376. The SMILES string of the molecule is O=C1CCCCCN1CCCN[C@H]1CCCSC1. The van der Waals surface area contributed by atoms with Gasteiger partial charge in [0.2, 0.25) is 5.91 Å². The van der Waals surface area contributed by atoms with E-state index in [-0.39, 0.29) is 0 Å². The summed E-state index contributed by atoms with van der Waals surface area (Å²) < 4.78 is 0. The standard InChI is InChI=1S/C14H26N2OS/c17-14-7-2-1-3-9-16(14)10-5-8-15-13-6-4-11-18-12-13/h13,15H,1-12H2/t13-/m0/s1. The summed E-state index contributed by atoms with van der Waals surface area (Å²) in [6.45, 7) is 3.00. The fourth-order valence-electron chi connectivity index (χ4n) is 2.75. The highest BCUT2D eigenvalue weighted by Crippen LogP contribution is 2.16. The molecule has 0 spiro atoms. The van der Waals surface area contributed by atoms with Gasteiger partial charge in [0.15, 0.2) is 0 Å². The number of amides is 1. The minimum atomic E-state index is 0.376. The number of likely N-dealkylation sites (tertiary alicyclic amines) is 1. The maximum Gasteiger partial charge on any atom is 0.222 e. The van der Waals surface area contributed by atoms with Crippen molar-refractivity contribution in [1.82, 2.24) is 10.2 Å². The summed E-state index contributed by atoms with van der Waals surface area (Å²) >= 11 is 2.07. The van der Waals surface area contributed by atoms with E-state index in [0.717, 1.165) is 38.9 Å². The molecule has 3 nitrogen and oxygen atoms in total. The third-order valence-corrected chi connectivity index (χ3v) is 5.08. The first kappa shape index (κ1) is 14.2. The number of thioether (sulfide) groups is 1. The average molecular weight is 270 g/mol. The largest absolute Gasteiger partial charge is 0.343 e. The molecule has 104 valence electrons. The highest BCUT2D eigenvalue weighted by Gasteiger charge is 2.16. The molecule has 2 heterocycles. The molecule has 0 radical (unpaired) electrons. The van der Waals surface area contributed by atoms with Gasteiger partial charge >= 0.3 is 0 Å². The molecule has 0 aromatic heterocycles. The molecule has 2 saturated heterocycles. The summed E-state index contributed by atoms with van der Waals surface area (Å²) in [7, 11) is 0. The van der Waals surface area contributed by atoms with Crippen LogP contribution >= 0.6 is 11.8 Å². The van der Waals surface area contributed by atoms with Gasteiger partial charge in [-0.15, -0.1) is 0 Å². The van der Waals surface area contributed by atoms with Gasteiger partial charge in [0.25, 0.3) is 0 Å². The van der Waals surface area contributed by atoms with Crippen LogP contribution in [0.25, 0.3) is 0 Å². The highest BCUT2D eigenvalue weighted by molar-refractivity contribution is 7.99. The molecule has 18 heavy (non-hydrogen) atoms. The Balaban J connectivity index is 1.57. The number of nitrogens with one attached hydrogen (secondary N) is 1. The van der Waals surface area contributed by atoms with Gasteiger partial charge in [0.05, 0.1) is 0 Å². The Bertz CT molecular complexity index is 254. The lowest BCUT2D eigenvalue weighted by Gasteiger charge is -2.24. The maximum absolute atomic E-state index is 11.8. The van der Waals surface area contributed by atoms with E-state index in [1.807, 2.05) is 0 Å². The van der Waals surface area contributed by atoms with E-state index < -0.39 is 0 Å². The van der Waals surface area contributed by atoms with Crippen LogP contribution in [0.3, 0.4) is 0 Å². The lowest BCUT2D eigenvalue weighted by Crippen LogP contribution is -2.37. The van der Waals surface area contributed by atoms with Crippen LogP contribution in [0.5, 0.6) is 0 Å². The third-order valence-electron chi connectivity index (χ3n) is 3.87. The van der Waals surface area contributed by atoms with E-state index in [1.54, 1.807) is 0 Å². The van der Waals surface area contributed by atoms with Crippen molar-refractivity contribution < 1.29 is 4.79 Å². The van der Waals surface area contributed by atoms with E-state index in [4.69, 9.17) is 0 Å². The van der Waals surface area contributed by atoms with Crippen molar-refractivity contribution in [2.45, 2.75) is 51.0 Å². The lowest BCUT2D eigenvalue weighted by atomic mass is 10.2. The Morgan fingerprint density at radius 2 is 2.22 bits per heavy atom. The van der Waals surface area contributed by atoms with E-state index >= 15 is 0 Å². The van der Waals surface area contributed by atoms with Gasteiger partial charge in [-0.05, 0) is 44.4 Å². The predicted octanol–water partition coefficient (Wildman–Crippen LogP) is 2.26. The second kappa shape index (κ2) is 8.05. The zero-order valence-electron chi connectivity index (χ0n) is 11.3. The normalized spacial score (nSPS) is 26.1. The molecule has 0 aromatic rings. The first-order chi connectivity index (χ1) is 8.86. The van der Waals surface area contributed by atoms with Gasteiger partial charge in [-0.2, -0.15) is 11.8 Å². The molecule has 0 aromatic carbocycles. The molecule has 2 rings (SSSR count). The molecule has 0 unspecified atom stereocenters. The molecular weight excluding hydrogens is 244 g/mol. The van der Waals surface area contributed by atoms with E-state index in [0.29, 0.717) is 11.9 Å². The van der Waals surface area contributed by atoms with Crippen LogP contribution in [0, 0.1) is 0 Å². The molecule has 2 fully saturated rings. The summed E-state index contributed by atoms with van der Waals surface area (Å²) in [6.07, 6.45) is 8.06. The number of carbonyl (C=O) groups is 1. The number of rotatable bonds is 5. The van der Waals surface area contributed by atoms with Crippen molar-refractivity contribution >= 4 is 17.7 Å². The predicted molar refractivity (Wildman–Crippen MR) is 78.0 cm³/mol. The topological polar surface area (TPSA) is 32.3 Å². The Morgan fingerprint density at radius 3 is 3.06 bits per heavy atom. The Kier molecular flexibility index (Phi) is 6.35. The Hall–Kier alpha value is -0.220. The van der Waals surface area contributed by atoms with Gasteiger partial charge in [-0.25, -0.2) is 0 Å². The Morgan fingerprint density at radius 1 is 1.28 bits per heavy atom.